The minimum atomic E-state index is -0.0715. The first kappa shape index (κ1) is 14.5. The van der Waals surface area contributed by atoms with E-state index in [9.17, 15) is 4.79 Å². The zero-order valence-electron chi connectivity index (χ0n) is 13.4. The van der Waals surface area contributed by atoms with Gasteiger partial charge in [0.1, 0.15) is 0 Å². The third-order valence-corrected chi connectivity index (χ3v) is 4.48. The minimum Gasteiger partial charge on any atom is -0.361 e. The molecule has 3 heteroatoms. The molecule has 4 rings (SSSR count). The van der Waals surface area contributed by atoms with Crippen molar-refractivity contribution in [2.75, 3.05) is 0 Å². The quantitative estimate of drug-likeness (QED) is 0.560. The predicted octanol–water partition coefficient (Wildman–Crippen LogP) is 4.81. The van der Waals surface area contributed by atoms with E-state index < -0.39 is 0 Å². The van der Waals surface area contributed by atoms with Gasteiger partial charge in [-0.3, -0.25) is 4.79 Å². The molecule has 3 nitrogen and oxygen atoms in total. The monoisotopic (exact) mass is 314 g/mol. The van der Waals surface area contributed by atoms with Crippen LogP contribution in [0.4, 0.5) is 0 Å². The molecule has 118 valence electrons. The number of fused-ring (bicyclic) bond motifs is 2. The third-order valence-electron chi connectivity index (χ3n) is 4.48. The first-order valence-electron chi connectivity index (χ1n) is 8.08. The van der Waals surface area contributed by atoms with Crippen LogP contribution in [0, 0.1) is 0 Å². The van der Waals surface area contributed by atoms with Crippen molar-refractivity contribution in [2.24, 2.45) is 0 Å². The Labute approximate surface area is 140 Å². The number of hydrogen-bond donors (Lipinski definition) is 2. The summed E-state index contributed by atoms with van der Waals surface area (Å²) in [6, 6.07) is 22.0. The molecular formula is C21H18N2O. The Bertz CT molecular complexity index is 1030. The van der Waals surface area contributed by atoms with Gasteiger partial charge in [0.25, 0.3) is 5.91 Å². The van der Waals surface area contributed by atoms with Crippen LogP contribution in [-0.4, -0.2) is 10.9 Å². The molecule has 1 amide bonds. The summed E-state index contributed by atoms with van der Waals surface area (Å²) in [6.45, 7) is 2.02. The van der Waals surface area contributed by atoms with Crippen molar-refractivity contribution in [1.82, 2.24) is 10.3 Å². The maximum absolute atomic E-state index is 12.8. The zero-order chi connectivity index (χ0) is 16.5. The molecule has 0 spiro atoms. The van der Waals surface area contributed by atoms with Crippen molar-refractivity contribution in [3.63, 3.8) is 0 Å². The highest BCUT2D eigenvalue weighted by Gasteiger charge is 2.15. The Morgan fingerprint density at radius 2 is 1.71 bits per heavy atom. The summed E-state index contributed by atoms with van der Waals surface area (Å²) in [5, 5.41) is 6.44. The molecule has 1 atom stereocenters. The topological polar surface area (TPSA) is 44.9 Å². The van der Waals surface area contributed by atoms with E-state index >= 15 is 0 Å². The van der Waals surface area contributed by atoms with Gasteiger partial charge in [-0.25, -0.2) is 0 Å². The van der Waals surface area contributed by atoms with E-state index in [0.717, 1.165) is 16.5 Å². The number of H-pyrrole nitrogens is 1. The van der Waals surface area contributed by atoms with Crippen molar-refractivity contribution >= 4 is 27.6 Å². The molecule has 1 aromatic heterocycles. The molecule has 0 aliphatic rings. The molecular weight excluding hydrogens is 296 g/mol. The Morgan fingerprint density at radius 1 is 0.917 bits per heavy atom. The van der Waals surface area contributed by atoms with E-state index in [-0.39, 0.29) is 11.9 Å². The molecule has 4 aromatic rings. The molecule has 24 heavy (non-hydrogen) atoms. The second kappa shape index (κ2) is 5.85. The zero-order valence-corrected chi connectivity index (χ0v) is 13.4. The molecule has 0 aliphatic carbocycles. The highest BCUT2D eigenvalue weighted by atomic mass is 16.1. The maximum atomic E-state index is 12.8. The number of carbonyl (C=O) groups excluding carboxylic acids is 1. The summed E-state index contributed by atoms with van der Waals surface area (Å²) in [6.07, 6.45) is 1.86. The number of rotatable bonds is 3. The van der Waals surface area contributed by atoms with E-state index in [2.05, 4.69) is 34.6 Å². The molecule has 0 bridgehead atoms. The highest BCUT2D eigenvalue weighted by Crippen LogP contribution is 2.25. The third kappa shape index (κ3) is 2.44. The van der Waals surface area contributed by atoms with Gasteiger partial charge < -0.3 is 10.3 Å². The van der Waals surface area contributed by atoms with Crippen molar-refractivity contribution in [3.05, 3.63) is 84.1 Å². The first-order chi connectivity index (χ1) is 11.7. The fourth-order valence-electron chi connectivity index (χ4n) is 3.26. The lowest BCUT2D eigenvalue weighted by molar-refractivity contribution is 0.0942. The minimum absolute atomic E-state index is 0.0550. The number of nitrogens with one attached hydrogen (secondary N) is 2. The number of amides is 1. The highest BCUT2D eigenvalue weighted by molar-refractivity contribution is 6.06. The number of aromatic nitrogens is 1. The van der Waals surface area contributed by atoms with Crippen molar-refractivity contribution < 1.29 is 4.79 Å². The molecule has 1 heterocycles. The van der Waals surface area contributed by atoms with Gasteiger partial charge in [-0.1, -0.05) is 48.5 Å². The van der Waals surface area contributed by atoms with Crippen LogP contribution in [0.25, 0.3) is 21.7 Å². The van der Waals surface area contributed by atoms with Gasteiger partial charge in [0.05, 0.1) is 6.04 Å². The smallest absolute Gasteiger partial charge is 0.252 e. The van der Waals surface area contributed by atoms with Crippen LogP contribution >= 0.6 is 0 Å². The molecule has 0 saturated heterocycles. The van der Waals surface area contributed by atoms with Gasteiger partial charge in [0, 0.05) is 22.7 Å². The Kier molecular flexibility index (Phi) is 3.54. The maximum Gasteiger partial charge on any atom is 0.252 e. The molecule has 2 N–H and O–H groups in total. The summed E-state index contributed by atoms with van der Waals surface area (Å²) < 4.78 is 0. The van der Waals surface area contributed by atoms with E-state index in [1.54, 1.807) is 0 Å². The SMILES string of the molecule is CC(NC(=O)c1cccc2[nH]ccc12)c1cccc2ccccc12. The number of benzene rings is 3. The molecule has 1 unspecified atom stereocenters. The van der Waals surface area contributed by atoms with E-state index in [1.807, 2.05) is 55.6 Å². The summed E-state index contributed by atoms with van der Waals surface area (Å²) >= 11 is 0. The van der Waals surface area contributed by atoms with Crippen LogP contribution in [-0.2, 0) is 0 Å². The summed E-state index contributed by atoms with van der Waals surface area (Å²) in [5.74, 6) is -0.0550. The van der Waals surface area contributed by atoms with Gasteiger partial charge in [0.2, 0.25) is 0 Å². The van der Waals surface area contributed by atoms with Gasteiger partial charge in [-0.05, 0) is 41.5 Å². The lowest BCUT2D eigenvalue weighted by atomic mass is 9.99. The number of hydrogen-bond acceptors (Lipinski definition) is 1. The standard InChI is InChI=1S/C21H18N2O/c1-14(16-9-4-7-15-6-2-3-8-17(15)16)23-21(24)19-10-5-11-20-18(19)12-13-22-20/h2-14,22H,1H3,(H,23,24). The van der Waals surface area contributed by atoms with Gasteiger partial charge in [0.15, 0.2) is 0 Å². The normalized spacial score (nSPS) is 12.4. The van der Waals surface area contributed by atoms with Crippen LogP contribution in [0.3, 0.4) is 0 Å². The van der Waals surface area contributed by atoms with E-state index in [0.29, 0.717) is 5.56 Å². The van der Waals surface area contributed by atoms with Gasteiger partial charge >= 0.3 is 0 Å². The second-order valence-corrected chi connectivity index (χ2v) is 6.01. The number of carbonyl (C=O) groups is 1. The van der Waals surface area contributed by atoms with Crippen molar-refractivity contribution in [2.45, 2.75) is 13.0 Å². The van der Waals surface area contributed by atoms with Crippen LogP contribution in [0.5, 0.6) is 0 Å². The lowest BCUT2D eigenvalue weighted by Crippen LogP contribution is -2.26. The Balaban J connectivity index is 1.67. The Morgan fingerprint density at radius 3 is 2.62 bits per heavy atom. The molecule has 0 radical (unpaired) electrons. The summed E-state index contributed by atoms with van der Waals surface area (Å²) in [4.78, 5) is 15.9. The van der Waals surface area contributed by atoms with E-state index in [1.165, 1.54) is 10.8 Å². The van der Waals surface area contributed by atoms with Crippen molar-refractivity contribution in [3.8, 4) is 0 Å². The first-order valence-corrected chi connectivity index (χ1v) is 8.08. The van der Waals surface area contributed by atoms with Crippen LogP contribution < -0.4 is 5.32 Å². The summed E-state index contributed by atoms with van der Waals surface area (Å²) in [7, 11) is 0. The van der Waals surface area contributed by atoms with Crippen LogP contribution in [0.15, 0.2) is 72.9 Å². The van der Waals surface area contributed by atoms with Crippen LogP contribution in [0.1, 0.15) is 28.9 Å². The Hall–Kier alpha value is -3.07. The average molecular weight is 314 g/mol. The number of aromatic amines is 1. The largest absolute Gasteiger partial charge is 0.361 e. The predicted molar refractivity (Wildman–Crippen MR) is 98.1 cm³/mol. The van der Waals surface area contributed by atoms with Crippen molar-refractivity contribution in [1.29, 1.82) is 0 Å². The van der Waals surface area contributed by atoms with E-state index in [4.69, 9.17) is 0 Å². The fraction of sp³-hybridized carbons (Fsp3) is 0.0952. The van der Waals surface area contributed by atoms with Gasteiger partial charge in [-0.15, -0.1) is 0 Å². The molecule has 0 fully saturated rings. The second-order valence-electron chi connectivity index (χ2n) is 6.01. The average Bonchev–Trinajstić information content (AvgIpc) is 3.09. The van der Waals surface area contributed by atoms with Crippen LogP contribution in [0.2, 0.25) is 0 Å². The van der Waals surface area contributed by atoms with Gasteiger partial charge in [-0.2, -0.15) is 0 Å². The lowest BCUT2D eigenvalue weighted by Gasteiger charge is -2.17. The molecule has 0 saturated carbocycles. The molecule has 3 aromatic carbocycles. The fourth-order valence-corrected chi connectivity index (χ4v) is 3.26. The summed E-state index contributed by atoms with van der Waals surface area (Å²) in [5.41, 5.74) is 2.80. The molecule has 0 aliphatic heterocycles.